The summed E-state index contributed by atoms with van der Waals surface area (Å²) in [6.45, 7) is 7.41. The summed E-state index contributed by atoms with van der Waals surface area (Å²) < 4.78 is 42.3. The van der Waals surface area contributed by atoms with E-state index in [0.29, 0.717) is 25.3 Å². The molecule has 3 heterocycles. The van der Waals surface area contributed by atoms with Crippen LogP contribution >= 0.6 is 0 Å². The summed E-state index contributed by atoms with van der Waals surface area (Å²) in [5.74, 6) is -0.402. The second-order valence-corrected chi connectivity index (χ2v) is 11.1. The number of nitrogens with zero attached hydrogens (tertiary/aromatic N) is 4. The summed E-state index contributed by atoms with van der Waals surface area (Å²) in [6.07, 6.45) is -1.94. The molecule has 0 radical (unpaired) electrons. The zero-order valence-electron chi connectivity index (χ0n) is 23.5. The Morgan fingerprint density at radius 1 is 1.22 bits per heavy atom. The molecule has 2 aliphatic rings. The summed E-state index contributed by atoms with van der Waals surface area (Å²) in [5.41, 5.74) is 0.990. The van der Waals surface area contributed by atoms with Gasteiger partial charge in [0.05, 0.1) is 40.1 Å². The van der Waals surface area contributed by atoms with Crippen molar-refractivity contribution < 1.29 is 18.0 Å². The summed E-state index contributed by atoms with van der Waals surface area (Å²) >= 11 is 0. The molecular formula is C30H33F3N6O2. The van der Waals surface area contributed by atoms with Crippen molar-refractivity contribution in [1.82, 2.24) is 20.2 Å². The van der Waals surface area contributed by atoms with Gasteiger partial charge in [0.1, 0.15) is 5.56 Å². The maximum atomic E-state index is 14.0. The number of alkyl halides is 3. The van der Waals surface area contributed by atoms with Crippen molar-refractivity contribution in [2.45, 2.75) is 64.2 Å². The van der Waals surface area contributed by atoms with Crippen molar-refractivity contribution in [3.63, 3.8) is 0 Å². The number of nitrogens with one attached hydrogen (secondary N) is 2. The van der Waals surface area contributed by atoms with Crippen LogP contribution in [0.1, 0.15) is 83.5 Å². The normalized spacial score (nSPS) is 18.6. The van der Waals surface area contributed by atoms with Gasteiger partial charge in [0.25, 0.3) is 11.5 Å². The van der Waals surface area contributed by atoms with Crippen LogP contribution in [0, 0.1) is 18.3 Å². The van der Waals surface area contributed by atoms with Crippen LogP contribution < -0.4 is 21.1 Å². The van der Waals surface area contributed by atoms with Crippen molar-refractivity contribution in [2.24, 2.45) is 7.05 Å². The number of nitriles is 1. The van der Waals surface area contributed by atoms with E-state index in [1.807, 2.05) is 13.0 Å². The highest BCUT2D eigenvalue weighted by atomic mass is 19.4. The lowest BCUT2D eigenvalue weighted by Crippen LogP contribution is -2.39. The first-order valence-corrected chi connectivity index (χ1v) is 13.8. The molecule has 8 nitrogen and oxygen atoms in total. The van der Waals surface area contributed by atoms with E-state index >= 15 is 0 Å². The number of hydrogen-bond donors (Lipinski definition) is 2. The van der Waals surface area contributed by atoms with E-state index in [0.717, 1.165) is 53.7 Å². The molecule has 1 aromatic carbocycles. The van der Waals surface area contributed by atoms with Gasteiger partial charge in [-0.3, -0.25) is 14.6 Å². The van der Waals surface area contributed by atoms with E-state index in [1.54, 1.807) is 20.0 Å². The predicted molar refractivity (Wildman–Crippen MR) is 150 cm³/mol. The Bertz CT molecular complexity index is 1620. The maximum Gasteiger partial charge on any atom is 0.417 e. The number of carbonyl (C=O) groups excluding carboxylic acids is 1. The molecule has 0 bridgehead atoms. The first-order chi connectivity index (χ1) is 19.4. The predicted octanol–water partition coefficient (Wildman–Crippen LogP) is 4.69. The first kappa shape index (κ1) is 28.6. The van der Waals surface area contributed by atoms with Crippen molar-refractivity contribution in [3.8, 4) is 6.07 Å². The highest BCUT2D eigenvalue weighted by molar-refractivity contribution is 6.08. The van der Waals surface area contributed by atoms with Gasteiger partial charge in [-0.15, -0.1) is 0 Å². The Balaban J connectivity index is 1.64. The topological polar surface area (TPSA) is 103 Å². The zero-order chi connectivity index (χ0) is 29.6. The van der Waals surface area contributed by atoms with Crippen LogP contribution in [0.4, 0.5) is 18.9 Å². The zero-order valence-corrected chi connectivity index (χ0v) is 23.5. The molecule has 1 aliphatic heterocycles. The fourth-order valence-electron chi connectivity index (χ4n) is 5.65. The van der Waals surface area contributed by atoms with Crippen LogP contribution in [0.5, 0.6) is 0 Å². The minimum Gasteiger partial charge on any atom is -0.369 e. The Kier molecular flexibility index (Phi) is 7.55. The number of anilines is 1. The van der Waals surface area contributed by atoms with Gasteiger partial charge in [-0.1, -0.05) is 6.07 Å². The monoisotopic (exact) mass is 566 g/mol. The number of hydrogen-bond acceptors (Lipinski definition) is 6. The third-order valence-electron chi connectivity index (χ3n) is 8.02. The number of amides is 1. The number of benzene rings is 1. The van der Waals surface area contributed by atoms with E-state index in [-0.39, 0.29) is 23.1 Å². The molecule has 1 saturated carbocycles. The molecule has 2 aromatic heterocycles. The molecule has 41 heavy (non-hydrogen) atoms. The Hall–Kier alpha value is -3.91. The van der Waals surface area contributed by atoms with E-state index in [4.69, 9.17) is 10.2 Å². The van der Waals surface area contributed by atoms with Crippen molar-refractivity contribution >= 4 is 22.5 Å². The summed E-state index contributed by atoms with van der Waals surface area (Å²) in [7, 11) is 1.64. The number of rotatable bonds is 5. The standard InChI is InChI=1S/C30H33F3N6O2/c1-16-9-11-39(12-10-35-16)26-22-13-17(2)36-25(19-5-6-19)27(22)38(4)29(41)24(26)28(40)37-18(3)20-7-8-21(15-34)23(14-20)30(31,32)33/h7-8,13-14,16,18-19,35H,5-6,9-12H2,1-4H3,(H,37,40)/t16-,18-/m0/s1. The summed E-state index contributed by atoms with van der Waals surface area (Å²) in [4.78, 5) is 34.7. The van der Waals surface area contributed by atoms with Gasteiger partial charge in [0.15, 0.2) is 0 Å². The number of fused-ring (bicyclic) bond motifs is 1. The second-order valence-electron chi connectivity index (χ2n) is 11.1. The molecule has 3 aromatic rings. The third-order valence-corrected chi connectivity index (χ3v) is 8.02. The average molecular weight is 567 g/mol. The van der Waals surface area contributed by atoms with E-state index in [2.05, 4.69) is 22.5 Å². The third kappa shape index (κ3) is 5.53. The molecule has 1 amide bonds. The lowest BCUT2D eigenvalue weighted by Gasteiger charge is -2.28. The first-order valence-electron chi connectivity index (χ1n) is 13.8. The average Bonchev–Trinajstić information content (AvgIpc) is 3.78. The molecule has 216 valence electrons. The number of carbonyl (C=O) groups is 1. The molecule has 2 fully saturated rings. The molecule has 0 spiro atoms. The number of halogens is 3. The van der Waals surface area contributed by atoms with Gasteiger partial charge in [0.2, 0.25) is 0 Å². The fourth-order valence-corrected chi connectivity index (χ4v) is 5.65. The molecule has 11 heteroatoms. The smallest absolute Gasteiger partial charge is 0.369 e. The van der Waals surface area contributed by atoms with Gasteiger partial charge in [-0.2, -0.15) is 18.4 Å². The highest BCUT2D eigenvalue weighted by Crippen LogP contribution is 2.43. The number of aryl methyl sites for hydroxylation is 2. The molecule has 1 aliphatic carbocycles. The second kappa shape index (κ2) is 10.8. The quantitative estimate of drug-likeness (QED) is 0.465. The van der Waals surface area contributed by atoms with Crippen molar-refractivity contribution in [2.75, 3.05) is 24.5 Å². The van der Waals surface area contributed by atoms with Gasteiger partial charge >= 0.3 is 6.18 Å². The van der Waals surface area contributed by atoms with Crippen LogP contribution in [-0.4, -0.2) is 41.1 Å². The van der Waals surface area contributed by atoms with Crippen LogP contribution in [0.2, 0.25) is 0 Å². The maximum absolute atomic E-state index is 14.0. The lowest BCUT2D eigenvalue weighted by molar-refractivity contribution is -0.137. The fraction of sp³-hybridized carbons (Fsp3) is 0.467. The van der Waals surface area contributed by atoms with Gasteiger partial charge in [-0.25, -0.2) is 0 Å². The molecule has 0 unspecified atom stereocenters. The minimum atomic E-state index is -4.73. The SMILES string of the molecule is Cc1cc2c(N3CCN[C@@H](C)CC3)c(C(=O)N[C@@H](C)c3ccc(C#N)c(C(F)(F)F)c3)c(=O)n(C)c2c(C2CC2)n1. The van der Waals surface area contributed by atoms with E-state index in [9.17, 15) is 22.8 Å². The number of aromatic nitrogens is 2. The van der Waals surface area contributed by atoms with Crippen LogP contribution in [0.25, 0.3) is 10.9 Å². The Morgan fingerprint density at radius 2 is 1.95 bits per heavy atom. The number of pyridine rings is 2. The minimum absolute atomic E-state index is 0.0431. The molecule has 1 saturated heterocycles. The molecule has 2 N–H and O–H groups in total. The highest BCUT2D eigenvalue weighted by Gasteiger charge is 2.35. The van der Waals surface area contributed by atoms with Gasteiger partial charge in [0, 0.05) is 49.7 Å². The molecular weight excluding hydrogens is 533 g/mol. The van der Waals surface area contributed by atoms with Gasteiger partial charge in [-0.05, 0) is 63.8 Å². The summed E-state index contributed by atoms with van der Waals surface area (Å²) in [6, 6.07) is 6.24. The molecule has 5 rings (SSSR count). The van der Waals surface area contributed by atoms with E-state index < -0.39 is 34.8 Å². The Morgan fingerprint density at radius 3 is 2.61 bits per heavy atom. The lowest BCUT2D eigenvalue weighted by atomic mass is 9.99. The Labute approximate surface area is 236 Å². The van der Waals surface area contributed by atoms with Crippen LogP contribution in [0.3, 0.4) is 0 Å². The van der Waals surface area contributed by atoms with Crippen LogP contribution in [-0.2, 0) is 13.2 Å². The van der Waals surface area contributed by atoms with Crippen LogP contribution in [0.15, 0.2) is 29.1 Å². The molecule has 2 atom stereocenters. The van der Waals surface area contributed by atoms with Crippen molar-refractivity contribution in [3.05, 3.63) is 68.3 Å². The van der Waals surface area contributed by atoms with E-state index in [1.165, 1.54) is 10.6 Å². The summed E-state index contributed by atoms with van der Waals surface area (Å²) in [5, 5.41) is 16.1. The van der Waals surface area contributed by atoms with Crippen molar-refractivity contribution in [1.29, 1.82) is 5.26 Å². The largest absolute Gasteiger partial charge is 0.417 e. The van der Waals surface area contributed by atoms with Gasteiger partial charge < -0.3 is 20.1 Å².